The molecule has 0 aliphatic carbocycles. The molecular weight excluding hydrogens is 356 g/mol. The van der Waals surface area contributed by atoms with Crippen LogP contribution in [0.5, 0.6) is 0 Å². The minimum absolute atomic E-state index is 0.122. The summed E-state index contributed by atoms with van der Waals surface area (Å²) in [5.41, 5.74) is 2.97. The molecule has 3 aliphatic heterocycles. The van der Waals surface area contributed by atoms with Crippen LogP contribution in [0.25, 0.3) is 0 Å². The Labute approximate surface area is 165 Å². The number of piperidine rings is 2. The number of benzene rings is 1. The average Bonchev–Trinajstić information content (AvgIpc) is 2.97. The van der Waals surface area contributed by atoms with Crippen LogP contribution >= 0.6 is 0 Å². The molecule has 3 aliphatic rings. The van der Waals surface area contributed by atoms with Crippen LogP contribution in [0.2, 0.25) is 0 Å². The van der Waals surface area contributed by atoms with Gasteiger partial charge in [-0.2, -0.15) is 0 Å². The molecule has 3 amide bonds. The molecule has 3 heterocycles. The quantitative estimate of drug-likeness (QED) is 0.676. The number of hydrogen-bond donors (Lipinski definition) is 3. The van der Waals surface area contributed by atoms with Crippen molar-refractivity contribution in [3.8, 4) is 0 Å². The molecule has 7 heteroatoms. The number of nitrogens with one attached hydrogen (secondary N) is 3. The number of hydrogen-bond acceptors (Lipinski definition) is 5. The van der Waals surface area contributed by atoms with E-state index in [0.29, 0.717) is 24.6 Å². The Hall–Kier alpha value is -2.25. The molecule has 0 radical (unpaired) electrons. The van der Waals surface area contributed by atoms with Crippen LogP contribution in [0.4, 0.5) is 0 Å². The second-order valence-electron chi connectivity index (χ2n) is 8.77. The van der Waals surface area contributed by atoms with Crippen LogP contribution in [0, 0.1) is 0 Å². The lowest BCUT2D eigenvalue weighted by Gasteiger charge is -2.36. The molecule has 28 heavy (non-hydrogen) atoms. The number of fused-ring (bicyclic) bond motifs is 1. The highest BCUT2D eigenvalue weighted by Crippen LogP contribution is 2.28. The molecule has 150 valence electrons. The number of imide groups is 1. The summed E-state index contributed by atoms with van der Waals surface area (Å²) in [6.07, 6.45) is 2.96. The van der Waals surface area contributed by atoms with Crippen LogP contribution in [0.3, 0.4) is 0 Å². The van der Waals surface area contributed by atoms with Gasteiger partial charge < -0.3 is 15.5 Å². The molecule has 2 atom stereocenters. The van der Waals surface area contributed by atoms with E-state index in [1.165, 1.54) is 0 Å². The standard InChI is InChI=1S/C21H28N4O3/c1-21(2)8-7-15(11-23-21)22-10-13-3-4-16-14(9-13)12-25(20(16)28)17-5-6-18(26)24-19(17)27/h3-4,9,15,17,22-23H,5-8,10-12H2,1-2H3,(H,24,26,27). The molecular formula is C21H28N4O3. The average molecular weight is 384 g/mol. The van der Waals surface area contributed by atoms with Gasteiger partial charge >= 0.3 is 0 Å². The van der Waals surface area contributed by atoms with Crippen molar-refractivity contribution in [3.05, 3.63) is 34.9 Å². The Morgan fingerprint density at radius 1 is 1.21 bits per heavy atom. The second-order valence-corrected chi connectivity index (χ2v) is 8.77. The Kier molecular flexibility index (Phi) is 4.97. The molecule has 0 saturated carbocycles. The van der Waals surface area contributed by atoms with E-state index < -0.39 is 6.04 Å². The van der Waals surface area contributed by atoms with Crippen molar-refractivity contribution < 1.29 is 14.4 Å². The number of carbonyl (C=O) groups excluding carboxylic acids is 3. The third-order valence-corrected chi connectivity index (χ3v) is 6.13. The third kappa shape index (κ3) is 3.82. The highest BCUT2D eigenvalue weighted by Gasteiger charge is 2.39. The molecule has 4 rings (SSSR count). The zero-order valence-electron chi connectivity index (χ0n) is 16.5. The van der Waals surface area contributed by atoms with E-state index in [0.717, 1.165) is 37.1 Å². The summed E-state index contributed by atoms with van der Waals surface area (Å²) in [7, 11) is 0. The molecule has 0 aromatic heterocycles. The van der Waals surface area contributed by atoms with Crippen LogP contribution < -0.4 is 16.0 Å². The van der Waals surface area contributed by atoms with E-state index in [9.17, 15) is 14.4 Å². The fraction of sp³-hybridized carbons (Fsp3) is 0.571. The van der Waals surface area contributed by atoms with Gasteiger partial charge in [0.2, 0.25) is 11.8 Å². The molecule has 0 spiro atoms. The van der Waals surface area contributed by atoms with Crippen molar-refractivity contribution in [2.75, 3.05) is 6.54 Å². The lowest BCUT2D eigenvalue weighted by atomic mass is 9.90. The molecule has 2 saturated heterocycles. The first-order chi connectivity index (χ1) is 13.3. The van der Waals surface area contributed by atoms with Crippen LogP contribution in [-0.4, -0.2) is 46.8 Å². The van der Waals surface area contributed by atoms with Gasteiger partial charge in [-0.05, 0) is 50.3 Å². The van der Waals surface area contributed by atoms with E-state index in [4.69, 9.17) is 0 Å². The maximum absolute atomic E-state index is 12.7. The van der Waals surface area contributed by atoms with E-state index in [1.54, 1.807) is 4.90 Å². The molecule has 1 aromatic rings. The van der Waals surface area contributed by atoms with Crippen molar-refractivity contribution in [2.24, 2.45) is 0 Å². The van der Waals surface area contributed by atoms with E-state index in [-0.39, 0.29) is 29.7 Å². The first-order valence-electron chi connectivity index (χ1n) is 10.1. The number of rotatable bonds is 4. The van der Waals surface area contributed by atoms with Crippen molar-refractivity contribution in [3.63, 3.8) is 0 Å². The topological polar surface area (TPSA) is 90.5 Å². The Morgan fingerprint density at radius 2 is 2.04 bits per heavy atom. The predicted octanol–water partition coefficient (Wildman–Crippen LogP) is 1.07. The van der Waals surface area contributed by atoms with Crippen LogP contribution in [0.15, 0.2) is 18.2 Å². The Bertz CT molecular complexity index is 810. The van der Waals surface area contributed by atoms with Crippen LogP contribution in [-0.2, 0) is 22.7 Å². The molecule has 3 N–H and O–H groups in total. The smallest absolute Gasteiger partial charge is 0.255 e. The lowest BCUT2D eigenvalue weighted by Crippen LogP contribution is -2.52. The summed E-state index contributed by atoms with van der Waals surface area (Å²) in [5, 5.41) is 9.51. The van der Waals surface area contributed by atoms with Gasteiger partial charge in [0.25, 0.3) is 5.91 Å². The van der Waals surface area contributed by atoms with E-state index in [2.05, 4.69) is 35.9 Å². The van der Waals surface area contributed by atoms with Gasteiger partial charge in [0.05, 0.1) is 0 Å². The largest absolute Gasteiger partial charge is 0.322 e. The van der Waals surface area contributed by atoms with Crippen molar-refractivity contribution in [1.82, 2.24) is 20.9 Å². The maximum Gasteiger partial charge on any atom is 0.255 e. The van der Waals surface area contributed by atoms with Crippen molar-refractivity contribution >= 4 is 17.7 Å². The SMILES string of the molecule is CC1(C)CCC(NCc2ccc3c(c2)CN(C2CCC(=O)NC2=O)C3=O)CN1. The Balaban J connectivity index is 1.38. The van der Waals surface area contributed by atoms with E-state index >= 15 is 0 Å². The summed E-state index contributed by atoms with van der Waals surface area (Å²) in [6, 6.07) is 5.80. The van der Waals surface area contributed by atoms with Gasteiger partial charge in [0.1, 0.15) is 6.04 Å². The zero-order chi connectivity index (χ0) is 19.9. The zero-order valence-corrected chi connectivity index (χ0v) is 16.5. The summed E-state index contributed by atoms with van der Waals surface area (Å²) in [5.74, 6) is -0.755. The van der Waals surface area contributed by atoms with Gasteiger partial charge in [0.15, 0.2) is 0 Å². The Morgan fingerprint density at radius 3 is 2.75 bits per heavy atom. The number of carbonyl (C=O) groups is 3. The molecule has 1 aromatic carbocycles. The minimum Gasteiger partial charge on any atom is -0.322 e. The first kappa shape index (κ1) is 19.1. The summed E-state index contributed by atoms with van der Waals surface area (Å²) in [6.45, 7) is 6.60. The highest BCUT2D eigenvalue weighted by molar-refractivity contribution is 6.05. The number of nitrogens with zero attached hydrogens (tertiary/aromatic N) is 1. The van der Waals surface area contributed by atoms with Crippen LogP contribution in [0.1, 0.15) is 61.0 Å². The monoisotopic (exact) mass is 384 g/mol. The van der Waals surface area contributed by atoms with E-state index in [1.807, 2.05) is 12.1 Å². The van der Waals surface area contributed by atoms with Gasteiger partial charge in [-0.1, -0.05) is 12.1 Å². The second kappa shape index (κ2) is 7.29. The minimum atomic E-state index is -0.559. The summed E-state index contributed by atoms with van der Waals surface area (Å²) < 4.78 is 0. The summed E-state index contributed by atoms with van der Waals surface area (Å²) in [4.78, 5) is 37.8. The van der Waals surface area contributed by atoms with Crippen molar-refractivity contribution in [1.29, 1.82) is 0 Å². The van der Waals surface area contributed by atoms with Crippen molar-refractivity contribution in [2.45, 2.75) is 70.2 Å². The predicted molar refractivity (Wildman–Crippen MR) is 104 cm³/mol. The fourth-order valence-electron chi connectivity index (χ4n) is 4.30. The normalized spacial score (nSPS) is 26.9. The third-order valence-electron chi connectivity index (χ3n) is 6.13. The molecule has 2 fully saturated rings. The molecule has 7 nitrogen and oxygen atoms in total. The maximum atomic E-state index is 12.7. The lowest BCUT2D eigenvalue weighted by molar-refractivity contribution is -0.136. The molecule has 2 unspecified atom stereocenters. The van der Waals surface area contributed by atoms with Gasteiger partial charge in [0, 0.05) is 43.2 Å². The summed E-state index contributed by atoms with van der Waals surface area (Å²) >= 11 is 0. The fourth-order valence-corrected chi connectivity index (χ4v) is 4.30. The van der Waals surface area contributed by atoms with Gasteiger partial charge in [-0.15, -0.1) is 0 Å². The van der Waals surface area contributed by atoms with Gasteiger partial charge in [-0.3, -0.25) is 19.7 Å². The highest BCUT2D eigenvalue weighted by atomic mass is 16.2. The first-order valence-corrected chi connectivity index (χ1v) is 10.1. The van der Waals surface area contributed by atoms with Gasteiger partial charge in [-0.25, -0.2) is 0 Å². The molecule has 0 bridgehead atoms. The number of amides is 3.